The number of hydrogen-bond donors (Lipinski definition) is 3. The van der Waals surface area contributed by atoms with Crippen LogP contribution in [0.4, 0.5) is 5.69 Å². The Balaban J connectivity index is 2.09. The van der Waals surface area contributed by atoms with Gasteiger partial charge in [0.25, 0.3) is 0 Å². The number of carbonyl (C=O) groups excluding carboxylic acids is 1. The number of amides is 1. The first-order valence-electron chi connectivity index (χ1n) is 5.54. The summed E-state index contributed by atoms with van der Waals surface area (Å²) >= 11 is 1.68. The molecule has 6 heteroatoms. The molecule has 3 N–H and O–H groups in total. The number of thioether (sulfide) groups is 1. The van der Waals surface area contributed by atoms with E-state index >= 15 is 0 Å². The number of nitrogens with one attached hydrogen (secondary N) is 2. The molecule has 18 heavy (non-hydrogen) atoms. The van der Waals surface area contributed by atoms with Crippen molar-refractivity contribution in [1.29, 1.82) is 0 Å². The lowest BCUT2D eigenvalue weighted by molar-refractivity contribution is -0.117. The molecule has 1 fully saturated rings. The predicted molar refractivity (Wildman–Crippen MR) is 71.0 cm³/mol. The van der Waals surface area contributed by atoms with Crippen molar-refractivity contribution in [2.45, 2.75) is 13.0 Å². The van der Waals surface area contributed by atoms with Gasteiger partial charge in [-0.3, -0.25) is 10.1 Å². The van der Waals surface area contributed by atoms with Gasteiger partial charge in [-0.2, -0.15) is 0 Å². The van der Waals surface area contributed by atoms with Crippen LogP contribution in [-0.2, 0) is 4.79 Å². The normalized spacial score (nSPS) is 18.6. The summed E-state index contributed by atoms with van der Waals surface area (Å²) in [4.78, 5) is 22.7. The van der Waals surface area contributed by atoms with Crippen molar-refractivity contribution in [3.63, 3.8) is 0 Å². The molecule has 1 aromatic carbocycles. The monoisotopic (exact) mass is 266 g/mol. The second-order valence-electron chi connectivity index (χ2n) is 4.10. The highest BCUT2D eigenvalue weighted by atomic mass is 32.2. The van der Waals surface area contributed by atoms with Gasteiger partial charge in [-0.05, 0) is 30.7 Å². The van der Waals surface area contributed by atoms with Crippen molar-refractivity contribution in [1.82, 2.24) is 5.32 Å². The van der Waals surface area contributed by atoms with Gasteiger partial charge >= 0.3 is 5.97 Å². The minimum absolute atomic E-state index is 0.0776. The van der Waals surface area contributed by atoms with Crippen LogP contribution in [0.15, 0.2) is 18.2 Å². The number of benzene rings is 1. The largest absolute Gasteiger partial charge is 0.478 e. The summed E-state index contributed by atoms with van der Waals surface area (Å²) in [6.45, 7) is 1.78. The number of anilines is 1. The van der Waals surface area contributed by atoms with E-state index in [1.54, 1.807) is 30.8 Å². The molecule has 1 amide bonds. The fraction of sp³-hybridized carbons (Fsp3) is 0.333. The Kier molecular flexibility index (Phi) is 3.88. The third-order valence-electron chi connectivity index (χ3n) is 2.76. The molecular formula is C12H14N2O3S. The van der Waals surface area contributed by atoms with Crippen LogP contribution in [0.2, 0.25) is 0 Å². The minimum Gasteiger partial charge on any atom is -0.478 e. The quantitative estimate of drug-likeness (QED) is 0.768. The van der Waals surface area contributed by atoms with Crippen molar-refractivity contribution in [2.75, 3.05) is 16.9 Å². The zero-order valence-electron chi connectivity index (χ0n) is 9.90. The highest BCUT2D eigenvalue weighted by Crippen LogP contribution is 2.18. The zero-order valence-corrected chi connectivity index (χ0v) is 10.7. The molecule has 0 radical (unpaired) electrons. The maximum absolute atomic E-state index is 11.9. The van der Waals surface area contributed by atoms with Crippen LogP contribution in [0, 0.1) is 6.92 Å². The third-order valence-corrected chi connectivity index (χ3v) is 3.70. The van der Waals surface area contributed by atoms with E-state index in [1.165, 1.54) is 6.07 Å². The molecule has 1 unspecified atom stereocenters. The van der Waals surface area contributed by atoms with Gasteiger partial charge in [0, 0.05) is 17.3 Å². The Morgan fingerprint density at radius 1 is 1.50 bits per heavy atom. The molecule has 1 atom stereocenters. The number of aryl methyl sites for hydroxylation is 1. The summed E-state index contributed by atoms with van der Waals surface area (Å²) < 4.78 is 0. The zero-order chi connectivity index (χ0) is 13.1. The molecule has 0 aliphatic carbocycles. The second-order valence-corrected chi connectivity index (χ2v) is 5.13. The lowest BCUT2D eigenvalue weighted by Crippen LogP contribution is -2.37. The maximum atomic E-state index is 11.9. The molecule has 2 rings (SSSR count). The fourth-order valence-electron chi connectivity index (χ4n) is 1.72. The van der Waals surface area contributed by atoms with Crippen LogP contribution >= 0.6 is 11.8 Å². The summed E-state index contributed by atoms with van der Waals surface area (Å²) in [5.41, 5.74) is 1.62. The number of carboxylic acids is 1. The van der Waals surface area contributed by atoms with Crippen molar-refractivity contribution < 1.29 is 14.7 Å². The number of aromatic carboxylic acids is 1. The van der Waals surface area contributed by atoms with E-state index in [0.29, 0.717) is 5.69 Å². The summed E-state index contributed by atoms with van der Waals surface area (Å²) in [5.74, 6) is 0.503. The number of rotatable bonds is 3. The molecule has 1 aromatic rings. The third kappa shape index (κ3) is 2.83. The van der Waals surface area contributed by atoms with Gasteiger partial charge in [0.1, 0.15) is 0 Å². The molecule has 96 valence electrons. The Morgan fingerprint density at radius 2 is 2.28 bits per heavy atom. The molecular weight excluding hydrogens is 252 g/mol. The highest BCUT2D eigenvalue weighted by Gasteiger charge is 2.22. The van der Waals surface area contributed by atoms with Crippen molar-refractivity contribution in [3.8, 4) is 0 Å². The first kappa shape index (κ1) is 12.9. The predicted octanol–water partition coefficient (Wildman–Crippen LogP) is 1.29. The lowest BCUT2D eigenvalue weighted by Gasteiger charge is -2.12. The molecule has 0 bridgehead atoms. The molecule has 1 aliphatic rings. The van der Waals surface area contributed by atoms with Crippen molar-refractivity contribution in [3.05, 3.63) is 29.3 Å². The van der Waals surface area contributed by atoms with Gasteiger partial charge in [-0.15, -0.1) is 11.8 Å². The van der Waals surface area contributed by atoms with E-state index < -0.39 is 5.97 Å². The van der Waals surface area contributed by atoms with E-state index in [1.807, 2.05) is 0 Å². The summed E-state index contributed by atoms with van der Waals surface area (Å²) in [7, 11) is 0. The number of carbonyl (C=O) groups is 2. The first-order chi connectivity index (χ1) is 8.58. The summed E-state index contributed by atoms with van der Waals surface area (Å²) in [6, 6.07) is 4.49. The summed E-state index contributed by atoms with van der Waals surface area (Å²) in [6.07, 6.45) is 0. The smallest absolute Gasteiger partial charge is 0.335 e. The standard InChI is InChI=1S/C12H14N2O3S/c1-7-4-8(12(16)17)2-3-9(7)14-11(15)10-5-18-6-13-10/h2-4,10,13H,5-6H2,1H3,(H,14,15)(H,16,17). The molecule has 0 saturated carbocycles. The number of hydrogen-bond acceptors (Lipinski definition) is 4. The van der Waals surface area contributed by atoms with Crippen molar-refractivity contribution >= 4 is 29.3 Å². The molecule has 0 aromatic heterocycles. The van der Waals surface area contributed by atoms with Gasteiger partial charge < -0.3 is 10.4 Å². The topological polar surface area (TPSA) is 78.4 Å². The van der Waals surface area contributed by atoms with Crippen LogP contribution < -0.4 is 10.6 Å². The van der Waals surface area contributed by atoms with Crippen LogP contribution in [0.5, 0.6) is 0 Å². The summed E-state index contributed by atoms with van der Waals surface area (Å²) in [5, 5.41) is 14.7. The van der Waals surface area contributed by atoms with E-state index in [4.69, 9.17) is 5.11 Å². The average molecular weight is 266 g/mol. The Labute approximate surface area is 109 Å². The van der Waals surface area contributed by atoms with Crippen LogP contribution in [0.25, 0.3) is 0 Å². The average Bonchev–Trinajstić information content (AvgIpc) is 2.85. The molecule has 5 nitrogen and oxygen atoms in total. The first-order valence-corrected chi connectivity index (χ1v) is 6.69. The molecule has 0 spiro atoms. The second kappa shape index (κ2) is 5.41. The van der Waals surface area contributed by atoms with E-state index in [9.17, 15) is 9.59 Å². The Morgan fingerprint density at radius 3 is 2.83 bits per heavy atom. The van der Waals surface area contributed by atoms with E-state index in [-0.39, 0.29) is 17.5 Å². The number of carboxylic acid groups (broad SMARTS) is 1. The van der Waals surface area contributed by atoms with Crippen LogP contribution in [0.1, 0.15) is 15.9 Å². The van der Waals surface area contributed by atoms with Gasteiger partial charge in [0.2, 0.25) is 5.91 Å². The maximum Gasteiger partial charge on any atom is 0.335 e. The van der Waals surface area contributed by atoms with Crippen LogP contribution in [-0.4, -0.2) is 34.7 Å². The van der Waals surface area contributed by atoms with Gasteiger partial charge in [-0.25, -0.2) is 4.79 Å². The van der Waals surface area contributed by atoms with Gasteiger partial charge in [-0.1, -0.05) is 0 Å². The molecule has 1 saturated heterocycles. The van der Waals surface area contributed by atoms with Gasteiger partial charge in [0.05, 0.1) is 11.6 Å². The fourth-order valence-corrected chi connectivity index (χ4v) is 2.66. The highest BCUT2D eigenvalue weighted by molar-refractivity contribution is 7.99. The minimum atomic E-state index is -0.968. The SMILES string of the molecule is Cc1cc(C(=O)O)ccc1NC(=O)C1CSCN1. The van der Waals surface area contributed by atoms with Crippen LogP contribution in [0.3, 0.4) is 0 Å². The van der Waals surface area contributed by atoms with E-state index in [2.05, 4.69) is 10.6 Å². The van der Waals surface area contributed by atoms with E-state index in [0.717, 1.165) is 17.2 Å². The molecule has 1 aliphatic heterocycles. The lowest BCUT2D eigenvalue weighted by atomic mass is 10.1. The van der Waals surface area contributed by atoms with Crippen molar-refractivity contribution in [2.24, 2.45) is 0 Å². The van der Waals surface area contributed by atoms with Gasteiger partial charge in [0.15, 0.2) is 0 Å². The Hall–Kier alpha value is -1.53. The molecule has 1 heterocycles. The Bertz CT molecular complexity index is 484.